The number of benzene rings is 2. The van der Waals surface area contributed by atoms with E-state index in [2.05, 4.69) is 16.0 Å². The van der Waals surface area contributed by atoms with Crippen molar-refractivity contribution < 1.29 is 19.1 Å². The van der Waals surface area contributed by atoms with E-state index in [0.717, 1.165) is 6.20 Å². The summed E-state index contributed by atoms with van der Waals surface area (Å²) < 4.78 is 12.3. The molecule has 0 aliphatic heterocycles. The zero-order chi connectivity index (χ0) is 21.7. The largest absolute Gasteiger partial charge is 0.493 e. The van der Waals surface area contributed by atoms with Crippen LogP contribution in [0.5, 0.6) is 11.5 Å². The Bertz CT molecular complexity index is 1140. The second-order valence-electron chi connectivity index (χ2n) is 6.72. The number of rotatable bonds is 6. The fraction of sp³-hybridized carbons (Fsp3) is 0.238. The van der Waals surface area contributed by atoms with Crippen LogP contribution < -0.4 is 25.8 Å². The Balaban J connectivity index is 1.66. The van der Waals surface area contributed by atoms with Crippen molar-refractivity contribution in [3.8, 4) is 11.5 Å². The van der Waals surface area contributed by atoms with E-state index in [1.54, 1.807) is 36.4 Å². The molecule has 0 atom stereocenters. The first kappa shape index (κ1) is 20.8. The van der Waals surface area contributed by atoms with Crippen LogP contribution in [-0.4, -0.2) is 34.8 Å². The average Bonchev–Trinajstić information content (AvgIpc) is 2.74. The number of carbonyl (C=O) groups excluding carboxylic acids is 2. The van der Waals surface area contributed by atoms with E-state index in [1.165, 1.54) is 17.9 Å². The molecule has 1 heterocycles. The third kappa shape index (κ3) is 4.75. The van der Waals surface area contributed by atoms with E-state index in [4.69, 9.17) is 9.47 Å². The van der Waals surface area contributed by atoms with Crippen LogP contribution in [0.25, 0.3) is 10.9 Å². The minimum Gasteiger partial charge on any atom is -0.493 e. The van der Waals surface area contributed by atoms with Gasteiger partial charge in [-0.15, -0.1) is 0 Å². The van der Waals surface area contributed by atoms with Crippen molar-refractivity contribution in [1.29, 1.82) is 0 Å². The van der Waals surface area contributed by atoms with Crippen LogP contribution in [-0.2, 0) is 11.3 Å². The summed E-state index contributed by atoms with van der Waals surface area (Å²) in [6, 6.07) is 11.6. The predicted octanol–water partition coefficient (Wildman–Crippen LogP) is 1.65. The van der Waals surface area contributed by atoms with E-state index in [1.807, 2.05) is 13.8 Å². The number of amides is 2. The number of fused-ring (bicyclic) bond motifs is 1. The van der Waals surface area contributed by atoms with Crippen molar-refractivity contribution in [3.05, 3.63) is 64.4 Å². The molecule has 3 aromatic rings. The molecule has 2 N–H and O–H groups in total. The van der Waals surface area contributed by atoms with E-state index in [-0.39, 0.29) is 23.6 Å². The fourth-order valence-electron chi connectivity index (χ4n) is 2.82. The lowest BCUT2D eigenvalue weighted by molar-refractivity contribution is -0.122. The molecule has 0 aliphatic rings. The molecule has 0 fully saturated rings. The summed E-state index contributed by atoms with van der Waals surface area (Å²) in [4.78, 5) is 36.5. The zero-order valence-electron chi connectivity index (χ0n) is 16.8. The summed E-state index contributed by atoms with van der Waals surface area (Å²) in [5.74, 6) is -0.0947. The quantitative estimate of drug-likeness (QED) is 0.598. The van der Waals surface area contributed by atoms with Crippen LogP contribution in [0.1, 0.15) is 24.2 Å². The Morgan fingerprint density at radius 3 is 2.60 bits per heavy atom. The van der Waals surface area contributed by atoms with Crippen molar-refractivity contribution in [3.63, 3.8) is 0 Å². The normalized spacial score (nSPS) is 10.7. The first-order valence-corrected chi connectivity index (χ1v) is 9.27. The van der Waals surface area contributed by atoms with E-state index < -0.39 is 11.8 Å². The van der Waals surface area contributed by atoms with Crippen LogP contribution in [0.3, 0.4) is 0 Å². The van der Waals surface area contributed by atoms with Gasteiger partial charge in [-0.3, -0.25) is 29.9 Å². The van der Waals surface area contributed by atoms with Gasteiger partial charge in [0, 0.05) is 10.9 Å². The number of nitrogens with one attached hydrogen (secondary N) is 2. The van der Waals surface area contributed by atoms with Crippen LogP contribution in [0.2, 0.25) is 0 Å². The molecule has 30 heavy (non-hydrogen) atoms. The number of carbonyl (C=O) groups is 2. The fourth-order valence-corrected chi connectivity index (χ4v) is 2.82. The molecule has 0 radical (unpaired) electrons. The van der Waals surface area contributed by atoms with Gasteiger partial charge in [0.2, 0.25) is 5.43 Å². The van der Waals surface area contributed by atoms with Gasteiger partial charge in [-0.1, -0.05) is 12.1 Å². The molecule has 2 amide bonds. The molecule has 3 rings (SSSR count). The first-order chi connectivity index (χ1) is 14.4. The Hall–Kier alpha value is -3.88. The van der Waals surface area contributed by atoms with Gasteiger partial charge in [0.15, 0.2) is 11.5 Å². The van der Waals surface area contributed by atoms with Gasteiger partial charge in [-0.05, 0) is 44.2 Å². The van der Waals surface area contributed by atoms with Crippen LogP contribution >= 0.6 is 0 Å². The minimum atomic E-state index is -0.518. The van der Waals surface area contributed by atoms with Gasteiger partial charge in [-0.25, -0.2) is 0 Å². The number of hydrogen-bond acceptors (Lipinski definition) is 6. The molecule has 0 saturated carbocycles. The summed E-state index contributed by atoms with van der Waals surface area (Å²) in [5.41, 5.74) is 5.28. The maximum atomic E-state index is 12.4. The molecule has 0 aliphatic carbocycles. The molecule has 0 unspecified atom stereocenters. The molecule has 9 heteroatoms. The van der Waals surface area contributed by atoms with Gasteiger partial charge < -0.3 is 9.47 Å². The molecule has 0 bridgehead atoms. The van der Waals surface area contributed by atoms with E-state index in [0.29, 0.717) is 22.4 Å². The summed E-state index contributed by atoms with van der Waals surface area (Å²) in [5, 5.41) is 4.45. The number of nitrogens with zero attached hydrogens (tertiary/aromatic N) is 2. The Morgan fingerprint density at radius 1 is 1.10 bits per heavy atom. The van der Waals surface area contributed by atoms with Crippen LogP contribution in [0, 0.1) is 0 Å². The number of aromatic nitrogens is 2. The smallest absolute Gasteiger partial charge is 0.269 e. The minimum absolute atomic E-state index is 0.0456. The molecule has 156 valence electrons. The van der Waals surface area contributed by atoms with Crippen LogP contribution in [0.4, 0.5) is 0 Å². The molecule has 0 spiro atoms. The zero-order valence-corrected chi connectivity index (χ0v) is 16.8. The predicted molar refractivity (Wildman–Crippen MR) is 110 cm³/mol. The van der Waals surface area contributed by atoms with Crippen molar-refractivity contribution in [2.24, 2.45) is 0 Å². The number of hydrazine groups is 1. The third-order valence-electron chi connectivity index (χ3n) is 4.16. The van der Waals surface area contributed by atoms with E-state index in [9.17, 15) is 14.4 Å². The Morgan fingerprint density at radius 2 is 1.87 bits per heavy atom. The second kappa shape index (κ2) is 9.08. The summed E-state index contributed by atoms with van der Waals surface area (Å²) in [6.45, 7) is 3.60. The second-order valence-corrected chi connectivity index (χ2v) is 6.72. The summed E-state index contributed by atoms with van der Waals surface area (Å²) in [7, 11) is 1.48. The lowest BCUT2D eigenvalue weighted by atomic mass is 10.2. The highest BCUT2D eigenvalue weighted by atomic mass is 16.5. The maximum absolute atomic E-state index is 12.4. The van der Waals surface area contributed by atoms with Gasteiger partial charge >= 0.3 is 0 Å². The Labute approximate surface area is 172 Å². The SMILES string of the molecule is COc1cc(C(=O)NNC(=O)Cn2ncc(=O)c3ccccc32)ccc1OC(C)C. The molecule has 0 saturated heterocycles. The number of ether oxygens (including phenoxy) is 2. The summed E-state index contributed by atoms with van der Waals surface area (Å²) in [6.07, 6.45) is 1.11. The third-order valence-corrected chi connectivity index (χ3v) is 4.16. The van der Waals surface area contributed by atoms with Gasteiger partial charge in [-0.2, -0.15) is 5.10 Å². The molecule has 2 aromatic carbocycles. The highest BCUT2D eigenvalue weighted by Crippen LogP contribution is 2.28. The first-order valence-electron chi connectivity index (χ1n) is 9.27. The number of methoxy groups -OCH3 is 1. The van der Waals surface area contributed by atoms with Crippen LogP contribution in [0.15, 0.2) is 53.5 Å². The Kier molecular flexibility index (Phi) is 6.31. The highest BCUT2D eigenvalue weighted by Gasteiger charge is 2.14. The molecular weight excluding hydrogens is 388 g/mol. The van der Waals surface area contributed by atoms with Crippen molar-refractivity contribution >= 4 is 22.7 Å². The monoisotopic (exact) mass is 410 g/mol. The molecular formula is C21H22N4O5. The van der Waals surface area contributed by atoms with Crippen molar-refractivity contribution in [2.75, 3.05) is 7.11 Å². The van der Waals surface area contributed by atoms with Gasteiger partial charge in [0.25, 0.3) is 11.8 Å². The number of para-hydroxylation sites is 1. The highest BCUT2D eigenvalue weighted by molar-refractivity contribution is 5.96. The van der Waals surface area contributed by atoms with Gasteiger partial charge in [0.1, 0.15) is 6.54 Å². The molecule has 1 aromatic heterocycles. The lowest BCUT2D eigenvalue weighted by Crippen LogP contribution is -2.43. The molecule has 9 nitrogen and oxygen atoms in total. The van der Waals surface area contributed by atoms with Gasteiger partial charge in [0.05, 0.1) is 24.9 Å². The lowest BCUT2D eigenvalue weighted by Gasteiger charge is -2.15. The standard InChI is InChI=1S/C21H22N4O5/c1-13(2)30-18-9-8-14(10-19(18)29-3)21(28)24-23-20(27)12-25-16-7-5-4-6-15(16)17(26)11-22-25/h4-11,13H,12H2,1-3H3,(H,23,27)(H,24,28). The van der Waals surface area contributed by atoms with Crippen molar-refractivity contribution in [2.45, 2.75) is 26.5 Å². The van der Waals surface area contributed by atoms with E-state index >= 15 is 0 Å². The maximum Gasteiger partial charge on any atom is 0.269 e. The average molecular weight is 410 g/mol. The summed E-state index contributed by atoms with van der Waals surface area (Å²) >= 11 is 0. The topological polar surface area (TPSA) is 112 Å². The van der Waals surface area contributed by atoms with Crippen molar-refractivity contribution in [1.82, 2.24) is 20.6 Å². The number of hydrogen-bond donors (Lipinski definition) is 2.